The minimum absolute atomic E-state index is 0.214. The zero-order valence-corrected chi connectivity index (χ0v) is 13.8. The lowest BCUT2D eigenvalue weighted by Crippen LogP contribution is -2.10. The third kappa shape index (κ3) is 2.51. The highest BCUT2D eigenvalue weighted by atomic mass is 79.9. The Labute approximate surface area is 134 Å². The van der Waals surface area contributed by atoms with E-state index in [9.17, 15) is 0 Å². The molecule has 3 rings (SSSR count). The fourth-order valence-corrected chi connectivity index (χ4v) is 5.10. The van der Waals surface area contributed by atoms with Crippen molar-refractivity contribution in [2.45, 2.75) is 25.2 Å². The van der Waals surface area contributed by atoms with Crippen molar-refractivity contribution in [3.05, 3.63) is 42.8 Å². The van der Waals surface area contributed by atoms with E-state index in [1.165, 1.54) is 4.88 Å². The van der Waals surface area contributed by atoms with Crippen molar-refractivity contribution in [1.82, 2.24) is 4.98 Å². The summed E-state index contributed by atoms with van der Waals surface area (Å²) in [5.74, 6) is 0.214. The largest absolute Gasteiger partial charge is 0.375 e. The molecule has 0 spiro atoms. The van der Waals surface area contributed by atoms with Gasteiger partial charge in [-0.3, -0.25) is 0 Å². The monoisotopic (exact) mass is 376 g/mol. The van der Waals surface area contributed by atoms with Gasteiger partial charge in [-0.2, -0.15) is 0 Å². The molecule has 1 aromatic heterocycles. The first-order valence-corrected chi connectivity index (χ1v) is 8.32. The van der Waals surface area contributed by atoms with Crippen LogP contribution in [0.15, 0.2) is 16.6 Å². The van der Waals surface area contributed by atoms with Gasteiger partial charge in [0.25, 0.3) is 0 Å². The summed E-state index contributed by atoms with van der Waals surface area (Å²) in [5, 5.41) is 2.02. The molecule has 1 unspecified atom stereocenters. The van der Waals surface area contributed by atoms with Crippen LogP contribution in [0.1, 0.15) is 34.9 Å². The van der Waals surface area contributed by atoms with Gasteiger partial charge in [0.15, 0.2) is 5.13 Å². The molecule has 1 aliphatic rings. The minimum atomic E-state index is 0.214. The number of rotatable bonds is 1. The van der Waals surface area contributed by atoms with E-state index < -0.39 is 0 Å². The van der Waals surface area contributed by atoms with Crippen molar-refractivity contribution in [2.24, 2.45) is 0 Å². The molecule has 0 saturated heterocycles. The Balaban J connectivity index is 2.14. The van der Waals surface area contributed by atoms with E-state index in [4.69, 9.17) is 28.9 Å². The molecule has 6 heteroatoms. The smallest absolute Gasteiger partial charge is 0.180 e. The molecule has 1 aliphatic carbocycles. The van der Waals surface area contributed by atoms with Crippen molar-refractivity contribution in [3.8, 4) is 0 Å². The van der Waals surface area contributed by atoms with Crippen molar-refractivity contribution >= 4 is 55.6 Å². The van der Waals surface area contributed by atoms with Gasteiger partial charge in [-0.25, -0.2) is 4.98 Å². The molecule has 19 heavy (non-hydrogen) atoms. The highest BCUT2D eigenvalue weighted by molar-refractivity contribution is 9.10. The number of hydrogen-bond donors (Lipinski definition) is 1. The first-order chi connectivity index (χ1) is 9.06. The van der Waals surface area contributed by atoms with Crippen LogP contribution in [0.5, 0.6) is 0 Å². The molecular formula is C13H11BrCl2N2S. The molecule has 2 aromatic rings. The Morgan fingerprint density at radius 1 is 1.32 bits per heavy atom. The summed E-state index contributed by atoms with van der Waals surface area (Å²) < 4.78 is 0.895. The number of nitrogens with zero attached hydrogens (tertiary/aromatic N) is 1. The molecule has 2 N–H and O–H groups in total. The topological polar surface area (TPSA) is 38.9 Å². The summed E-state index contributed by atoms with van der Waals surface area (Å²) in [5.41, 5.74) is 7.93. The van der Waals surface area contributed by atoms with Crippen LogP contribution < -0.4 is 5.73 Å². The molecule has 2 nitrogen and oxygen atoms in total. The van der Waals surface area contributed by atoms with Crippen molar-refractivity contribution in [1.29, 1.82) is 0 Å². The Bertz CT molecular complexity index is 619. The van der Waals surface area contributed by atoms with Gasteiger partial charge in [0.1, 0.15) is 0 Å². The maximum atomic E-state index is 6.38. The number of anilines is 1. The highest BCUT2D eigenvalue weighted by Crippen LogP contribution is 2.46. The quantitative estimate of drug-likeness (QED) is 0.735. The van der Waals surface area contributed by atoms with Crippen LogP contribution in [0.2, 0.25) is 10.0 Å². The summed E-state index contributed by atoms with van der Waals surface area (Å²) >= 11 is 17.7. The molecule has 0 saturated carbocycles. The summed E-state index contributed by atoms with van der Waals surface area (Å²) in [6.07, 6.45) is 3.12. The predicted molar refractivity (Wildman–Crippen MR) is 85.5 cm³/mol. The number of aromatic nitrogens is 1. The van der Waals surface area contributed by atoms with E-state index in [1.807, 2.05) is 12.1 Å². The highest BCUT2D eigenvalue weighted by Gasteiger charge is 2.28. The number of nitrogen functional groups attached to an aromatic ring is 1. The average Bonchev–Trinajstić information content (AvgIpc) is 2.68. The fraction of sp³-hybridized carbons (Fsp3) is 0.308. The van der Waals surface area contributed by atoms with Crippen LogP contribution in [0.25, 0.3) is 0 Å². The number of aryl methyl sites for hydroxylation is 1. The Morgan fingerprint density at radius 3 is 2.68 bits per heavy atom. The van der Waals surface area contributed by atoms with E-state index in [1.54, 1.807) is 11.3 Å². The van der Waals surface area contributed by atoms with Gasteiger partial charge >= 0.3 is 0 Å². The second-order valence-corrected chi connectivity index (χ2v) is 7.38. The molecule has 0 radical (unpaired) electrons. The SMILES string of the molecule is Nc1nc2c(s1)C(c1c(Cl)cc(Br)cc1Cl)CCC2. The van der Waals surface area contributed by atoms with Crippen LogP contribution in [0, 0.1) is 0 Å². The second kappa shape index (κ2) is 5.24. The van der Waals surface area contributed by atoms with Crippen LogP contribution in [-0.2, 0) is 6.42 Å². The average molecular weight is 378 g/mol. The lowest BCUT2D eigenvalue weighted by Gasteiger charge is -2.23. The Hall–Kier alpha value is -0.290. The number of fused-ring (bicyclic) bond motifs is 1. The van der Waals surface area contributed by atoms with Crippen molar-refractivity contribution in [3.63, 3.8) is 0 Å². The van der Waals surface area contributed by atoms with Gasteiger partial charge in [0.05, 0.1) is 5.69 Å². The van der Waals surface area contributed by atoms with E-state index in [0.717, 1.165) is 35.0 Å². The molecule has 0 bridgehead atoms. The molecule has 1 atom stereocenters. The first kappa shape index (κ1) is 13.7. The standard InChI is InChI=1S/C13H11BrCl2N2S/c14-6-4-8(15)11(9(16)5-6)7-2-1-3-10-12(7)19-13(17)18-10/h4-5,7H,1-3H2,(H2,17,18). The van der Waals surface area contributed by atoms with Crippen LogP contribution in [0.3, 0.4) is 0 Å². The maximum Gasteiger partial charge on any atom is 0.180 e. The lowest BCUT2D eigenvalue weighted by atomic mass is 9.86. The number of thiazole rings is 1. The van der Waals surface area contributed by atoms with E-state index in [2.05, 4.69) is 20.9 Å². The number of hydrogen-bond acceptors (Lipinski definition) is 3. The zero-order valence-electron chi connectivity index (χ0n) is 9.92. The van der Waals surface area contributed by atoms with Gasteiger partial charge < -0.3 is 5.73 Å². The number of nitrogens with two attached hydrogens (primary N) is 1. The van der Waals surface area contributed by atoms with Crippen molar-refractivity contribution in [2.75, 3.05) is 5.73 Å². The number of halogens is 3. The molecule has 100 valence electrons. The molecule has 1 heterocycles. The molecule has 0 amide bonds. The van der Waals surface area contributed by atoms with Gasteiger partial charge in [0, 0.05) is 25.3 Å². The zero-order chi connectivity index (χ0) is 13.6. The predicted octanol–water partition coefficient (Wildman–Crippen LogP) is 5.26. The van der Waals surface area contributed by atoms with E-state index in [-0.39, 0.29) is 5.92 Å². The van der Waals surface area contributed by atoms with Crippen LogP contribution >= 0.6 is 50.5 Å². The summed E-state index contributed by atoms with van der Waals surface area (Å²) in [6, 6.07) is 3.78. The third-order valence-corrected chi connectivity index (χ3v) is 5.48. The summed E-state index contributed by atoms with van der Waals surface area (Å²) in [4.78, 5) is 5.62. The van der Waals surface area contributed by atoms with E-state index in [0.29, 0.717) is 15.2 Å². The van der Waals surface area contributed by atoms with Gasteiger partial charge in [-0.1, -0.05) is 39.1 Å². The summed E-state index contributed by atoms with van der Waals surface area (Å²) in [7, 11) is 0. The third-order valence-electron chi connectivity index (χ3n) is 3.36. The van der Waals surface area contributed by atoms with E-state index >= 15 is 0 Å². The Kier molecular flexibility index (Phi) is 3.78. The van der Waals surface area contributed by atoms with Crippen molar-refractivity contribution < 1.29 is 0 Å². The molecule has 0 fully saturated rings. The Morgan fingerprint density at radius 2 is 2.00 bits per heavy atom. The normalized spacial score (nSPS) is 18.4. The number of benzene rings is 1. The fourth-order valence-electron chi connectivity index (χ4n) is 2.60. The first-order valence-electron chi connectivity index (χ1n) is 5.95. The molecular weight excluding hydrogens is 367 g/mol. The van der Waals surface area contributed by atoms with Gasteiger partial charge in [-0.05, 0) is 37.0 Å². The van der Waals surface area contributed by atoms with Crippen LogP contribution in [0.4, 0.5) is 5.13 Å². The lowest BCUT2D eigenvalue weighted by molar-refractivity contribution is 0.617. The minimum Gasteiger partial charge on any atom is -0.375 e. The van der Waals surface area contributed by atoms with Gasteiger partial charge in [-0.15, -0.1) is 11.3 Å². The second-order valence-electron chi connectivity index (χ2n) is 4.59. The molecule has 0 aliphatic heterocycles. The van der Waals surface area contributed by atoms with Gasteiger partial charge in [0.2, 0.25) is 0 Å². The van der Waals surface area contributed by atoms with Crippen LogP contribution in [-0.4, -0.2) is 4.98 Å². The summed E-state index contributed by atoms with van der Waals surface area (Å²) in [6.45, 7) is 0. The molecule has 1 aromatic carbocycles. The maximum absolute atomic E-state index is 6.38.